The van der Waals surface area contributed by atoms with Gasteiger partial charge in [-0.25, -0.2) is 14.8 Å². The summed E-state index contributed by atoms with van der Waals surface area (Å²) in [6, 6.07) is 16.7. The number of halogens is 1. The van der Waals surface area contributed by atoms with E-state index in [4.69, 9.17) is 31.0 Å². The van der Waals surface area contributed by atoms with Gasteiger partial charge >= 0.3 is 5.97 Å². The fourth-order valence-corrected chi connectivity index (χ4v) is 7.35. The number of rotatable bonds is 7. The van der Waals surface area contributed by atoms with E-state index in [1.54, 1.807) is 11.3 Å². The molecule has 5 aromatic rings. The summed E-state index contributed by atoms with van der Waals surface area (Å²) in [7, 11) is 2.18. The SMILES string of the molecule is CCOC(=O)C(OC(C)(C)C)c1c(C)cc2nc(-c3ccc4c(c3)ncn4C3CCN(C)CC3)sc2c1-c1ccc(Cl)cc1. The summed E-state index contributed by atoms with van der Waals surface area (Å²) in [5.41, 5.74) is 6.97. The van der Waals surface area contributed by atoms with Crippen LogP contribution in [0.2, 0.25) is 5.02 Å². The number of aromatic nitrogens is 3. The molecule has 1 aliphatic heterocycles. The summed E-state index contributed by atoms with van der Waals surface area (Å²) in [6.45, 7) is 12.1. The van der Waals surface area contributed by atoms with Gasteiger partial charge in [-0.2, -0.15) is 0 Å². The van der Waals surface area contributed by atoms with Crippen molar-refractivity contribution in [3.05, 3.63) is 71.0 Å². The number of benzene rings is 3. The largest absolute Gasteiger partial charge is 0.464 e. The number of carbonyl (C=O) groups is 1. The second-order valence-electron chi connectivity index (χ2n) is 12.6. The zero-order chi connectivity index (χ0) is 31.2. The Labute approximate surface area is 267 Å². The molecule has 230 valence electrons. The minimum absolute atomic E-state index is 0.265. The number of esters is 1. The molecular weight excluding hydrogens is 592 g/mol. The maximum absolute atomic E-state index is 13.4. The van der Waals surface area contributed by atoms with Crippen molar-refractivity contribution in [2.24, 2.45) is 0 Å². The van der Waals surface area contributed by atoms with Crippen LogP contribution in [-0.4, -0.2) is 57.7 Å². The number of likely N-dealkylation sites (tertiary alicyclic amines) is 1. The molecule has 3 heterocycles. The van der Waals surface area contributed by atoms with E-state index >= 15 is 0 Å². The summed E-state index contributed by atoms with van der Waals surface area (Å²) < 4.78 is 15.3. The van der Waals surface area contributed by atoms with Crippen LogP contribution in [0.5, 0.6) is 0 Å². The highest BCUT2D eigenvalue weighted by Gasteiger charge is 2.33. The number of nitrogens with zero attached hydrogens (tertiary/aromatic N) is 4. The Bertz CT molecular complexity index is 1810. The minimum Gasteiger partial charge on any atom is -0.464 e. The van der Waals surface area contributed by atoms with Crippen LogP contribution in [0.4, 0.5) is 0 Å². The van der Waals surface area contributed by atoms with E-state index in [9.17, 15) is 4.79 Å². The van der Waals surface area contributed by atoms with Gasteiger partial charge in [-0.3, -0.25) is 0 Å². The summed E-state index contributed by atoms with van der Waals surface area (Å²) >= 11 is 7.91. The first kappa shape index (κ1) is 30.7. The molecular formula is C35H39ClN4O3S. The molecule has 1 atom stereocenters. The van der Waals surface area contributed by atoms with Crippen molar-refractivity contribution in [2.45, 2.75) is 65.2 Å². The first-order chi connectivity index (χ1) is 21.0. The minimum atomic E-state index is -0.907. The van der Waals surface area contributed by atoms with E-state index in [2.05, 4.69) is 40.8 Å². The van der Waals surface area contributed by atoms with Gasteiger partial charge in [0.25, 0.3) is 0 Å². The highest BCUT2D eigenvalue weighted by Crippen LogP contribution is 2.45. The maximum Gasteiger partial charge on any atom is 0.339 e. The molecule has 0 spiro atoms. The first-order valence-corrected chi connectivity index (χ1v) is 16.4. The molecule has 1 fully saturated rings. The van der Waals surface area contributed by atoms with E-state index in [-0.39, 0.29) is 6.61 Å². The van der Waals surface area contributed by atoms with Gasteiger partial charge in [0, 0.05) is 27.8 Å². The summed E-state index contributed by atoms with van der Waals surface area (Å²) in [5, 5.41) is 1.54. The Morgan fingerprint density at radius 2 is 1.77 bits per heavy atom. The van der Waals surface area contributed by atoms with Crippen molar-refractivity contribution in [3.63, 3.8) is 0 Å². The number of imidazole rings is 1. The molecule has 1 saturated heterocycles. The lowest BCUT2D eigenvalue weighted by Gasteiger charge is -2.30. The van der Waals surface area contributed by atoms with Gasteiger partial charge < -0.3 is 18.9 Å². The normalized spacial score (nSPS) is 15.7. The molecule has 0 radical (unpaired) electrons. The monoisotopic (exact) mass is 630 g/mol. The van der Waals surface area contributed by atoms with Crippen LogP contribution >= 0.6 is 22.9 Å². The fraction of sp³-hybridized carbons (Fsp3) is 0.400. The molecule has 0 amide bonds. The number of hydrogen-bond acceptors (Lipinski definition) is 7. The van der Waals surface area contributed by atoms with Crippen molar-refractivity contribution in [1.82, 2.24) is 19.4 Å². The molecule has 2 aromatic heterocycles. The van der Waals surface area contributed by atoms with E-state index in [1.165, 1.54) is 0 Å². The second kappa shape index (κ2) is 12.2. The number of piperidine rings is 1. The number of thiazole rings is 1. The lowest BCUT2D eigenvalue weighted by molar-refractivity contribution is -0.166. The molecule has 44 heavy (non-hydrogen) atoms. The lowest BCUT2D eigenvalue weighted by atomic mass is 9.91. The highest BCUT2D eigenvalue weighted by molar-refractivity contribution is 7.22. The van der Waals surface area contributed by atoms with Crippen LogP contribution in [0.25, 0.3) is 42.9 Å². The summed E-state index contributed by atoms with van der Waals surface area (Å²) in [6.07, 6.45) is 3.34. The zero-order valence-corrected chi connectivity index (χ0v) is 27.8. The number of carbonyl (C=O) groups excluding carboxylic acids is 1. The Hall–Kier alpha value is -3.30. The van der Waals surface area contributed by atoms with Crippen molar-refractivity contribution < 1.29 is 14.3 Å². The summed E-state index contributed by atoms with van der Waals surface area (Å²) in [4.78, 5) is 25.7. The van der Waals surface area contributed by atoms with Crippen LogP contribution in [0.3, 0.4) is 0 Å². The van der Waals surface area contributed by atoms with Crippen molar-refractivity contribution in [1.29, 1.82) is 0 Å². The van der Waals surface area contributed by atoms with Gasteiger partial charge in [-0.15, -0.1) is 11.3 Å². The molecule has 3 aromatic carbocycles. The predicted octanol–water partition coefficient (Wildman–Crippen LogP) is 8.63. The topological polar surface area (TPSA) is 69.5 Å². The molecule has 6 rings (SSSR count). The standard InChI is InChI=1S/C35H39ClN4O3S/c1-7-42-34(41)31(43-35(3,4)5)29-21(2)18-27-32(30(29)22-8-11-24(36)12-9-22)44-33(38-27)23-10-13-28-26(19-23)37-20-40(28)25-14-16-39(6)17-15-25/h8-13,18-20,25,31H,7,14-17H2,1-6H3. The Morgan fingerprint density at radius 1 is 1.07 bits per heavy atom. The molecule has 1 unspecified atom stereocenters. The third-order valence-corrected chi connectivity index (χ3v) is 9.59. The average Bonchev–Trinajstić information content (AvgIpc) is 3.60. The molecule has 9 heteroatoms. The van der Waals surface area contributed by atoms with Crippen molar-refractivity contribution in [3.8, 4) is 21.7 Å². The van der Waals surface area contributed by atoms with Crippen LogP contribution in [0, 0.1) is 6.92 Å². The molecule has 7 nitrogen and oxygen atoms in total. The average molecular weight is 631 g/mol. The number of fused-ring (bicyclic) bond motifs is 2. The fourth-order valence-electron chi connectivity index (χ4n) is 6.10. The summed E-state index contributed by atoms with van der Waals surface area (Å²) in [5.74, 6) is -0.407. The zero-order valence-electron chi connectivity index (χ0n) is 26.2. The first-order valence-electron chi connectivity index (χ1n) is 15.2. The number of ether oxygens (including phenoxy) is 2. The highest BCUT2D eigenvalue weighted by atomic mass is 35.5. The van der Waals surface area contributed by atoms with E-state index in [0.29, 0.717) is 11.1 Å². The lowest BCUT2D eigenvalue weighted by Crippen LogP contribution is -2.31. The smallest absolute Gasteiger partial charge is 0.339 e. The predicted molar refractivity (Wildman–Crippen MR) is 180 cm³/mol. The quantitative estimate of drug-likeness (QED) is 0.168. The van der Waals surface area contributed by atoms with Crippen LogP contribution in [-0.2, 0) is 14.3 Å². The molecule has 0 bridgehead atoms. The number of hydrogen-bond donors (Lipinski definition) is 0. The third-order valence-electron chi connectivity index (χ3n) is 8.20. The maximum atomic E-state index is 13.4. The Morgan fingerprint density at radius 3 is 2.45 bits per heavy atom. The van der Waals surface area contributed by atoms with Gasteiger partial charge in [-0.05, 0) is 115 Å². The molecule has 0 aliphatic carbocycles. The van der Waals surface area contributed by atoms with Gasteiger partial charge in [0.15, 0.2) is 6.10 Å². The van der Waals surface area contributed by atoms with Crippen LogP contribution in [0.15, 0.2) is 54.9 Å². The third kappa shape index (κ3) is 6.13. The van der Waals surface area contributed by atoms with E-state index in [0.717, 1.165) is 80.0 Å². The molecule has 0 saturated carbocycles. The van der Waals surface area contributed by atoms with Gasteiger partial charge in [0.1, 0.15) is 5.01 Å². The van der Waals surface area contributed by atoms with Gasteiger partial charge in [0.2, 0.25) is 0 Å². The van der Waals surface area contributed by atoms with Crippen molar-refractivity contribution >= 4 is 50.2 Å². The van der Waals surface area contributed by atoms with Crippen LogP contribution in [0.1, 0.15) is 63.8 Å². The second-order valence-corrected chi connectivity index (χ2v) is 14.0. The molecule has 0 N–H and O–H groups in total. The van der Waals surface area contributed by atoms with E-state index in [1.807, 2.05) is 65.2 Å². The van der Waals surface area contributed by atoms with Gasteiger partial charge in [0.05, 0.1) is 39.8 Å². The Kier molecular flexibility index (Phi) is 8.54. The van der Waals surface area contributed by atoms with E-state index < -0.39 is 17.7 Å². The Balaban J connectivity index is 1.49. The van der Waals surface area contributed by atoms with Crippen LogP contribution < -0.4 is 0 Å². The molecule has 1 aliphatic rings. The number of aryl methyl sites for hydroxylation is 1. The van der Waals surface area contributed by atoms with Gasteiger partial charge in [-0.1, -0.05) is 23.7 Å². The van der Waals surface area contributed by atoms with Crippen molar-refractivity contribution in [2.75, 3.05) is 26.7 Å².